The summed E-state index contributed by atoms with van der Waals surface area (Å²) in [6.45, 7) is 1.29. The molecule has 0 radical (unpaired) electrons. The number of hydrogen-bond donors (Lipinski definition) is 0. The third-order valence-electron chi connectivity index (χ3n) is 2.02. The summed E-state index contributed by atoms with van der Waals surface area (Å²) in [5.74, 6) is 0. The molecule has 0 saturated heterocycles. The Kier molecular flexibility index (Phi) is 3.38. The molecule has 0 heterocycles. The summed E-state index contributed by atoms with van der Waals surface area (Å²) in [6.07, 6.45) is -4.38. The number of hydrogen-bond acceptors (Lipinski definition) is 2. The van der Waals surface area contributed by atoms with Gasteiger partial charge in [-0.05, 0) is 36.2 Å². The van der Waals surface area contributed by atoms with Crippen LogP contribution in [0.15, 0.2) is 12.1 Å². The molecule has 0 N–H and O–H groups in total. The average Bonchev–Trinajstić information content (AvgIpc) is 2.14. The predicted octanol–water partition coefficient (Wildman–Crippen LogP) is 3.21. The molecule has 1 aromatic carbocycles. The fraction of sp³-hybridized carbons (Fsp3) is 0.200. The van der Waals surface area contributed by atoms with E-state index >= 15 is 0 Å². The molecule has 0 amide bonds. The zero-order valence-corrected chi connectivity index (χ0v) is 8.82. The lowest BCUT2D eigenvalue weighted by atomic mass is 9.99. The lowest BCUT2D eigenvalue weighted by Gasteiger charge is -2.11. The number of aldehydes is 1. The van der Waals surface area contributed by atoms with Gasteiger partial charge in [-0.1, -0.05) is 0 Å². The van der Waals surface area contributed by atoms with Gasteiger partial charge in [0.2, 0.25) is 0 Å². The summed E-state index contributed by atoms with van der Waals surface area (Å²) in [6, 6.07) is 1.39. The van der Waals surface area contributed by atoms with Gasteiger partial charge in [-0.2, -0.15) is 13.2 Å². The van der Waals surface area contributed by atoms with E-state index in [1.165, 1.54) is 6.92 Å². The number of halogens is 4. The van der Waals surface area contributed by atoms with E-state index in [1.54, 1.807) is 0 Å². The molecule has 86 valence electrons. The van der Waals surface area contributed by atoms with Gasteiger partial charge in [0.25, 0.3) is 5.24 Å². The molecule has 0 saturated carbocycles. The smallest absolute Gasteiger partial charge is 0.298 e. The topological polar surface area (TPSA) is 34.1 Å². The van der Waals surface area contributed by atoms with Crippen molar-refractivity contribution in [3.63, 3.8) is 0 Å². The van der Waals surface area contributed by atoms with Crippen molar-refractivity contribution in [2.45, 2.75) is 13.1 Å². The summed E-state index contributed by atoms with van der Waals surface area (Å²) in [4.78, 5) is 21.5. The lowest BCUT2D eigenvalue weighted by molar-refractivity contribution is -0.137. The number of alkyl halides is 3. The van der Waals surface area contributed by atoms with E-state index in [0.29, 0.717) is 6.07 Å². The maximum atomic E-state index is 12.4. The minimum absolute atomic E-state index is 0.0249. The molecule has 0 aliphatic rings. The number of aryl methyl sites for hydroxylation is 1. The van der Waals surface area contributed by atoms with E-state index in [2.05, 4.69) is 0 Å². The quantitative estimate of drug-likeness (QED) is 0.597. The molecule has 0 bridgehead atoms. The van der Waals surface area contributed by atoms with Gasteiger partial charge in [-0.3, -0.25) is 9.59 Å². The van der Waals surface area contributed by atoms with Crippen LogP contribution in [0.4, 0.5) is 13.2 Å². The van der Waals surface area contributed by atoms with Gasteiger partial charge in [0.1, 0.15) is 0 Å². The Labute approximate surface area is 94.0 Å². The first-order chi connectivity index (χ1) is 7.27. The third kappa shape index (κ3) is 2.41. The minimum Gasteiger partial charge on any atom is -0.298 e. The third-order valence-corrected chi connectivity index (χ3v) is 2.21. The molecule has 0 atom stereocenters. The number of rotatable bonds is 2. The molecule has 0 aliphatic carbocycles. The molecule has 0 fully saturated rings. The van der Waals surface area contributed by atoms with E-state index in [1.807, 2.05) is 0 Å². The Morgan fingerprint density at radius 1 is 1.38 bits per heavy atom. The largest absolute Gasteiger partial charge is 0.416 e. The van der Waals surface area contributed by atoms with Crippen molar-refractivity contribution >= 4 is 23.1 Å². The first kappa shape index (κ1) is 12.7. The second-order valence-corrected chi connectivity index (χ2v) is 3.49. The number of benzene rings is 1. The van der Waals surface area contributed by atoms with Gasteiger partial charge in [0.05, 0.1) is 5.56 Å². The summed E-state index contributed by atoms with van der Waals surface area (Å²) in [5, 5.41) is -0.951. The summed E-state index contributed by atoms with van der Waals surface area (Å²) in [7, 11) is 0. The van der Waals surface area contributed by atoms with Crippen LogP contribution in [-0.2, 0) is 6.18 Å². The van der Waals surface area contributed by atoms with E-state index in [0.717, 1.165) is 6.07 Å². The SMILES string of the molecule is Cc1cc(C(F)(F)F)cc(C=O)c1C(=O)Cl. The number of carbonyl (C=O) groups excluding carboxylic acids is 2. The Hall–Kier alpha value is -1.36. The normalized spacial score (nSPS) is 11.3. The molecule has 6 heteroatoms. The molecule has 1 rings (SSSR count). The highest BCUT2D eigenvalue weighted by Gasteiger charge is 2.32. The predicted molar refractivity (Wildman–Crippen MR) is 51.8 cm³/mol. The zero-order valence-electron chi connectivity index (χ0n) is 8.06. The lowest BCUT2D eigenvalue weighted by Crippen LogP contribution is -2.09. The van der Waals surface area contributed by atoms with Crippen molar-refractivity contribution in [3.8, 4) is 0 Å². The van der Waals surface area contributed by atoms with Crippen molar-refractivity contribution in [1.29, 1.82) is 0 Å². The van der Waals surface area contributed by atoms with Crippen molar-refractivity contribution in [2.75, 3.05) is 0 Å². The van der Waals surface area contributed by atoms with Crippen LogP contribution in [0.3, 0.4) is 0 Å². The number of carbonyl (C=O) groups is 2. The van der Waals surface area contributed by atoms with E-state index in [9.17, 15) is 22.8 Å². The van der Waals surface area contributed by atoms with E-state index < -0.39 is 17.0 Å². The van der Waals surface area contributed by atoms with Crippen LogP contribution in [0, 0.1) is 6.92 Å². The van der Waals surface area contributed by atoms with Gasteiger partial charge in [0, 0.05) is 11.1 Å². The van der Waals surface area contributed by atoms with E-state index in [4.69, 9.17) is 11.6 Å². The molecular formula is C10H6ClF3O2. The Morgan fingerprint density at radius 3 is 2.31 bits per heavy atom. The second-order valence-electron chi connectivity index (χ2n) is 3.15. The fourth-order valence-corrected chi connectivity index (χ4v) is 1.60. The molecule has 0 aromatic heterocycles. The maximum Gasteiger partial charge on any atom is 0.416 e. The Bertz CT molecular complexity index is 452. The zero-order chi connectivity index (χ0) is 12.5. The average molecular weight is 251 g/mol. The van der Waals surface area contributed by atoms with E-state index in [-0.39, 0.29) is 23.0 Å². The van der Waals surface area contributed by atoms with Crippen LogP contribution < -0.4 is 0 Å². The van der Waals surface area contributed by atoms with Crippen LogP contribution >= 0.6 is 11.6 Å². The highest BCUT2D eigenvalue weighted by atomic mass is 35.5. The van der Waals surface area contributed by atoms with Gasteiger partial charge in [-0.15, -0.1) is 0 Å². The van der Waals surface area contributed by atoms with Crippen LogP contribution in [-0.4, -0.2) is 11.5 Å². The monoisotopic (exact) mass is 250 g/mol. The minimum atomic E-state index is -4.56. The van der Waals surface area contributed by atoms with Crippen LogP contribution in [0.1, 0.15) is 31.8 Å². The standard InChI is InChI=1S/C10H6ClF3O2/c1-5-2-7(10(12,13)14)3-6(4-15)8(5)9(11)16/h2-4H,1H3. The van der Waals surface area contributed by atoms with Crippen LogP contribution in [0.2, 0.25) is 0 Å². The molecule has 1 aromatic rings. The summed E-state index contributed by atoms with van der Waals surface area (Å²) in [5.41, 5.74) is -1.50. The van der Waals surface area contributed by atoms with Gasteiger partial charge >= 0.3 is 6.18 Å². The van der Waals surface area contributed by atoms with Crippen molar-refractivity contribution in [1.82, 2.24) is 0 Å². The maximum absolute atomic E-state index is 12.4. The summed E-state index contributed by atoms with van der Waals surface area (Å²) >= 11 is 5.18. The van der Waals surface area contributed by atoms with Crippen molar-refractivity contribution in [2.24, 2.45) is 0 Å². The van der Waals surface area contributed by atoms with Gasteiger partial charge < -0.3 is 0 Å². The Balaban J connectivity index is 3.50. The van der Waals surface area contributed by atoms with Gasteiger partial charge in [0.15, 0.2) is 6.29 Å². The first-order valence-electron chi connectivity index (χ1n) is 4.14. The van der Waals surface area contributed by atoms with Crippen LogP contribution in [0.5, 0.6) is 0 Å². The fourth-order valence-electron chi connectivity index (χ4n) is 1.34. The molecule has 0 unspecified atom stereocenters. The van der Waals surface area contributed by atoms with Gasteiger partial charge in [-0.25, -0.2) is 0 Å². The molecular weight excluding hydrogens is 245 g/mol. The first-order valence-corrected chi connectivity index (χ1v) is 4.52. The van der Waals surface area contributed by atoms with Crippen molar-refractivity contribution in [3.05, 3.63) is 34.4 Å². The molecule has 16 heavy (non-hydrogen) atoms. The molecule has 0 spiro atoms. The Morgan fingerprint density at radius 2 is 1.94 bits per heavy atom. The highest BCUT2D eigenvalue weighted by molar-refractivity contribution is 6.68. The van der Waals surface area contributed by atoms with Crippen molar-refractivity contribution < 1.29 is 22.8 Å². The summed E-state index contributed by atoms with van der Waals surface area (Å²) < 4.78 is 37.1. The molecule has 2 nitrogen and oxygen atoms in total. The van der Waals surface area contributed by atoms with Crippen LogP contribution in [0.25, 0.3) is 0 Å². The molecule has 0 aliphatic heterocycles. The highest BCUT2D eigenvalue weighted by Crippen LogP contribution is 2.32. The second kappa shape index (κ2) is 4.25.